The number of anilines is 3. The summed E-state index contributed by atoms with van der Waals surface area (Å²) in [6.07, 6.45) is 5.18. The van der Waals surface area contributed by atoms with Crippen LogP contribution in [0.25, 0.3) is 10.9 Å². The van der Waals surface area contributed by atoms with Gasteiger partial charge in [0.05, 0.1) is 30.3 Å². The van der Waals surface area contributed by atoms with Gasteiger partial charge in [-0.25, -0.2) is 20.2 Å². The van der Waals surface area contributed by atoms with E-state index in [9.17, 15) is 9.18 Å². The molecule has 30 heavy (non-hydrogen) atoms. The van der Waals surface area contributed by atoms with E-state index < -0.39 is 5.82 Å². The van der Waals surface area contributed by atoms with Crippen LogP contribution in [-0.4, -0.2) is 45.9 Å². The van der Waals surface area contributed by atoms with Crippen molar-refractivity contribution in [1.82, 2.24) is 19.7 Å². The lowest BCUT2D eigenvalue weighted by molar-refractivity contribution is -0.122. The number of carbonyl (C=O) groups excluding carboxylic acids is 1. The first-order chi connectivity index (χ1) is 14.4. The number of halogens is 1. The van der Waals surface area contributed by atoms with Crippen LogP contribution < -0.4 is 26.2 Å². The van der Waals surface area contributed by atoms with Crippen molar-refractivity contribution in [1.29, 1.82) is 0 Å². The molecule has 2 aromatic heterocycles. The Hall–Kier alpha value is -3.47. The van der Waals surface area contributed by atoms with Crippen molar-refractivity contribution in [3.63, 3.8) is 0 Å². The van der Waals surface area contributed by atoms with E-state index >= 15 is 0 Å². The van der Waals surface area contributed by atoms with Gasteiger partial charge in [0.15, 0.2) is 5.82 Å². The van der Waals surface area contributed by atoms with Crippen molar-refractivity contribution in [2.75, 3.05) is 35.8 Å². The van der Waals surface area contributed by atoms with Gasteiger partial charge in [0.25, 0.3) is 0 Å². The number of hydrogen-bond donors (Lipinski definition) is 2. The summed E-state index contributed by atoms with van der Waals surface area (Å²) in [7, 11) is 3.24. The van der Waals surface area contributed by atoms with Crippen LogP contribution >= 0.6 is 0 Å². The number of amides is 1. The molecule has 1 saturated heterocycles. The van der Waals surface area contributed by atoms with E-state index in [0.717, 1.165) is 23.7 Å². The molecule has 1 atom stereocenters. The molecule has 1 amide bonds. The number of rotatable bonds is 4. The van der Waals surface area contributed by atoms with Crippen molar-refractivity contribution in [2.24, 2.45) is 18.8 Å². The van der Waals surface area contributed by atoms with Crippen molar-refractivity contribution in [3.05, 3.63) is 30.3 Å². The molecule has 11 heteroatoms. The second kappa shape index (κ2) is 7.75. The van der Waals surface area contributed by atoms with Gasteiger partial charge in [0, 0.05) is 32.4 Å². The quantitative estimate of drug-likeness (QED) is 0.370. The van der Waals surface area contributed by atoms with E-state index in [-0.39, 0.29) is 40.2 Å². The number of ether oxygens (including phenoxy) is 1. The number of carbonyl (C=O) groups is 1. The van der Waals surface area contributed by atoms with Crippen LogP contribution in [0.3, 0.4) is 0 Å². The lowest BCUT2D eigenvalue weighted by Crippen LogP contribution is -2.48. The molecule has 4 rings (SSSR count). The summed E-state index contributed by atoms with van der Waals surface area (Å²) in [6, 6.07) is 2.40. The van der Waals surface area contributed by atoms with Crippen LogP contribution in [0, 0.1) is 11.7 Å². The van der Waals surface area contributed by atoms with E-state index in [2.05, 4.69) is 20.0 Å². The van der Waals surface area contributed by atoms with Crippen molar-refractivity contribution in [3.8, 4) is 5.75 Å². The summed E-state index contributed by atoms with van der Waals surface area (Å²) in [5.41, 5.74) is 7.05. The lowest BCUT2D eigenvalue weighted by atomic mass is 9.96. The van der Waals surface area contributed by atoms with Crippen LogP contribution in [0.2, 0.25) is 0 Å². The van der Waals surface area contributed by atoms with Crippen LogP contribution in [0.4, 0.5) is 21.8 Å². The SMILES string of the molecule is COc1cc(F)cc2c(N(N)C(=O)C3CCCN(c4cnn(C)c4)C3)nc(N)nc12. The van der Waals surface area contributed by atoms with E-state index in [1.807, 2.05) is 13.2 Å². The van der Waals surface area contributed by atoms with Crippen LogP contribution in [0.1, 0.15) is 12.8 Å². The smallest absolute Gasteiger partial charge is 0.247 e. The first kappa shape index (κ1) is 19.8. The Labute approximate surface area is 172 Å². The van der Waals surface area contributed by atoms with Crippen molar-refractivity contribution < 1.29 is 13.9 Å². The molecule has 3 heterocycles. The molecular weight excluding hydrogens is 391 g/mol. The number of benzene rings is 1. The Morgan fingerprint density at radius 1 is 1.37 bits per heavy atom. The fourth-order valence-corrected chi connectivity index (χ4v) is 3.79. The van der Waals surface area contributed by atoms with Crippen LogP contribution in [0.5, 0.6) is 5.75 Å². The molecule has 1 aromatic carbocycles. The third-order valence-electron chi connectivity index (χ3n) is 5.24. The molecule has 1 aliphatic rings. The van der Waals surface area contributed by atoms with Crippen LogP contribution in [0.15, 0.2) is 24.5 Å². The van der Waals surface area contributed by atoms with Gasteiger partial charge in [-0.3, -0.25) is 9.48 Å². The fraction of sp³-hybridized carbons (Fsp3) is 0.368. The van der Waals surface area contributed by atoms with Crippen LogP contribution in [-0.2, 0) is 11.8 Å². The summed E-state index contributed by atoms with van der Waals surface area (Å²) in [6.45, 7) is 1.32. The zero-order valence-electron chi connectivity index (χ0n) is 16.7. The van der Waals surface area contributed by atoms with Gasteiger partial charge in [-0.15, -0.1) is 0 Å². The molecule has 158 valence electrons. The molecule has 1 aliphatic heterocycles. The normalized spacial score (nSPS) is 16.7. The molecule has 1 unspecified atom stereocenters. The highest BCUT2D eigenvalue weighted by atomic mass is 19.1. The molecular formula is C19H23FN8O2. The number of piperidine rings is 1. The number of aryl methyl sites for hydroxylation is 1. The van der Waals surface area contributed by atoms with Crippen molar-refractivity contribution >= 4 is 34.3 Å². The first-order valence-electron chi connectivity index (χ1n) is 9.50. The maximum Gasteiger partial charge on any atom is 0.247 e. The molecule has 1 fully saturated rings. The summed E-state index contributed by atoms with van der Waals surface area (Å²) in [4.78, 5) is 23.5. The Morgan fingerprint density at radius 3 is 2.87 bits per heavy atom. The highest BCUT2D eigenvalue weighted by Crippen LogP contribution is 2.32. The number of hydrazine groups is 1. The van der Waals surface area contributed by atoms with Gasteiger partial charge >= 0.3 is 0 Å². The minimum atomic E-state index is -0.560. The lowest BCUT2D eigenvalue weighted by Gasteiger charge is -2.34. The van der Waals surface area contributed by atoms with E-state index in [1.165, 1.54) is 19.2 Å². The number of hydrogen-bond acceptors (Lipinski definition) is 8. The first-order valence-corrected chi connectivity index (χ1v) is 9.50. The van der Waals surface area contributed by atoms with Gasteiger partial charge in [-0.05, 0) is 18.9 Å². The van der Waals surface area contributed by atoms with Gasteiger partial charge in [-0.1, -0.05) is 0 Å². The number of nitrogens with zero attached hydrogens (tertiary/aromatic N) is 6. The second-order valence-corrected chi connectivity index (χ2v) is 7.28. The van der Waals surface area contributed by atoms with E-state index in [0.29, 0.717) is 13.0 Å². The molecule has 3 aromatic rings. The average Bonchev–Trinajstić information content (AvgIpc) is 3.18. The summed E-state index contributed by atoms with van der Waals surface area (Å²) < 4.78 is 21.0. The third kappa shape index (κ3) is 3.59. The molecule has 0 bridgehead atoms. The number of nitrogens with two attached hydrogens (primary N) is 2. The topological polar surface area (TPSA) is 128 Å². The molecule has 0 saturated carbocycles. The number of nitrogen functional groups attached to an aromatic ring is 1. The zero-order chi connectivity index (χ0) is 21.4. The maximum absolute atomic E-state index is 14.1. The highest BCUT2D eigenvalue weighted by molar-refractivity contribution is 6.03. The number of fused-ring (bicyclic) bond motifs is 1. The Bertz CT molecular complexity index is 1100. The minimum Gasteiger partial charge on any atom is -0.494 e. The van der Waals surface area contributed by atoms with Gasteiger partial charge < -0.3 is 15.4 Å². The maximum atomic E-state index is 14.1. The van der Waals surface area contributed by atoms with Gasteiger partial charge in [0.2, 0.25) is 11.9 Å². The second-order valence-electron chi connectivity index (χ2n) is 7.28. The zero-order valence-corrected chi connectivity index (χ0v) is 16.7. The van der Waals surface area contributed by atoms with E-state index in [1.54, 1.807) is 10.9 Å². The molecule has 4 N–H and O–H groups in total. The fourth-order valence-electron chi connectivity index (χ4n) is 3.79. The third-order valence-corrected chi connectivity index (χ3v) is 5.24. The molecule has 0 spiro atoms. The van der Waals surface area contributed by atoms with Gasteiger partial charge in [0.1, 0.15) is 17.1 Å². The predicted octanol–water partition coefficient (Wildman–Crippen LogP) is 1.22. The molecule has 10 nitrogen and oxygen atoms in total. The predicted molar refractivity (Wildman–Crippen MR) is 110 cm³/mol. The molecule has 0 aliphatic carbocycles. The van der Waals surface area contributed by atoms with E-state index in [4.69, 9.17) is 16.3 Å². The Kier molecular flexibility index (Phi) is 5.12. The monoisotopic (exact) mass is 414 g/mol. The highest BCUT2D eigenvalue weighted by Gasteiger charge is 2.31. The summed E-state index contributed by atoms with van der Waals surface area (Å²) in [5, 5.41) is 5.38. The molecule has 0 radical (unpaired) electrons. The summed E-state index contributed by atoms with van der Waals surface area (Å²) >= 11 is 0. The summed E-state index contributed by atoms with van der Waals surface area (Å²) in [5.74, 6) is 5.06. The minimum absolute atomic E-state index is 0.0406. The van der Waals surface area contributed by atoms with Crippen molar-refractivity contribution in [2.45, 2.75) is 12.8 Å². The Balaban J connectivity index is 1.65. The standard InChI is InChI=1S/C19H23FN8O2/c1-26-10-13(8-23-26)27-5-3-4-11(9-27)18(29)28(22)17-14-6-12(20)7-15(30-2)16(14)24-19(21)25-17/h6-8,10-11H,3-5,9,22H2,1-2H3,(H2,21,24,25). The average molecular weight is 414 g/mol. The number of methoxy groups -OCH3 is 1. The largest absolute Gasteiger partial charge is 0.494 e. The van der Waals surface area contributed by atoms with Gasteiger partial charge in [-0.2, -0.15) is 10.1 Å². The number of aromatic nitrogens is 4. The Morgan fingerprint density at radius 2 is 2.17 bits per heavy atom.